The molecule has 0 spiro atoms. The summed E-state index contributed by atoms with van der Waals surface area (Å²) in [6.07, 6.45) is -4.51. The van der Waals surface area contributed by atoms with Crippen LogP contribution in [0.2, 0.25) is 5.28 Å². The molecule has 0 amide bonds. The number of halogens is 4. The monoisotopic (exact) mass is 274 g/mol. The molecule has 2 aromatic rings. The van der Waals surface area contributed by atoms with Gasteiger partial charge in [0.05, 0.1) is 0 Å². The molecule has 0 bridgehead atoms. The maximum absolute atomic E-state index is 12.5. The molecule has 0 fully saturated rings. The maximum atomic E-state index is 12.5. The first kappa shape index (κ1) is 12.7. The molecule has 0 atom stereocenters. The predicted octanol–water partition coefficient (Wildman–Crippen LogP) is 2.91. The summed E-state index contributed by atoms with van der Waals surface area (Å²) in [6, 6.07) is 3.48. The van der Waals surface area contributed by atoms with E-state index in [1.165, 1.54) is 12.1 Å². The van der Waals surface area contributed by atoms with E-state index in [1.54, 1.807) is 6.92 Å². The van der Waals surface area contributed by atoms with Gasteiger partial charge in [0.15, 0.2) is 5.82 Å². The number of aromatic nitrogens is 4. The predicted molar refractivity (Wildman–Crippen MR) is 57.8 cm³/mol. The van der Waals surface area contributed by atoms with Crippen LogP contribution in [0.25, 0.3) is 11.5 Å². The molecule has 4 nitrogen and oxygen atoms in total. The number of alkyl halides is 3. The van der Waals surface area contributed by atoms with Gasteiger partial charge in [0, 0.05) is 0 Å². The van der Waals surface area contributed by atoms with E-state index in [0.717, 1.165) is 6.07 Å². The Morgan fingerprint density at radius 2 is 1.78 bits per heavy atom. The van der Waals surface area contributed by atoms with Crippen LogP contribution in [0.1, 0.15) is 11.5 Å². The zero-order valence-corrected chi connectivity index (χ0v) is 9.79. The summed E-state index contributed by atoms with van der Waals surface area (Å²) >= 11 is 5.62. The van der Waals surface area contributed by atoms with E-state index >= 15 is 0 Å². The van der Waals surface area contributed by atoms with Gasteiger partial charge in [-0.1, -0.05) is 6.07 Å². The molecule has 2 aromatic heterocycles. The van der Waals surface area contributed by atoms with Gasteiger partial charge in [0.2, 0.25) is 5.28 Å². The summed E-state index contributed by atoms with van der Waals surface area (Å²) in [5.41, 5.74) is -1.01. The lowest BCUT2D eigenvalue weighted by molar-refractivity contribution is -0.141. The number of aryl methyl sites for hydroxylation is 1. The molecule has 0 aromatic carbocycles. The Balaban J connectivity index is 2.51. The summed E-state index contributed by atoms with van der Waals surface area (Å²) in [5, 5.41) is -0.0864. The smallest absolute Gasteiger partial charge is 0.240 e. The van der Waals surface area contributed by atoms with Crippen molar-refractivity contribution in [2.24, 2.45) is 0 Å². The molecule has 0 saturated heterocycles. The molecule has 0 aliphatic heterocycles. The molecule has 18 heavy (non-hydrogen) atoms. The fourth-order valence-corrected chi connectivity index (χ4v) is 1.48. The Hall–Kier alpha value is -1.76. The SMILES string of the molecule is Cc1nc(Cl)nc(-c2cccc(C(F)(F)F)n2)n1. The van der Waals surface area contributed by atoms with Crippen LogP contribution in [-0.4, -0.2) is 19.9 Å². The Kier molecular flexibility index (Phi) is 3.16. The van der Waals surface area contributed by atoms with Crippen LogP contribution in [-0.2, 0) is 6.18 Å². The Labute approximate surface area is 105 Å². The zero-order chi connectivity index (χ0) is 13.3. The molecule has 8 heteroatoms. The average molecular weight is 275 g/mol. The minimum absolute atomic E-state index is 0.00257. The van der Waals surface area contributed by atoms with Gasteiger partial charge in [0.1, 0.15) is 17.2 Å². The van der Waals surface area contributed by atoms with Crippen molar-refractivity contribution in [1.29, 1.82) is 0 Å². The van der Waals surface area contributed by atoms with Crippen molar-refractivity contribution in [2.45, 2.75) is 13.1 Å². The van der Waals surface area contributed by atoms with Gasteiger partial charge in [-0.2, -0.15) is 18.2 Å². The van der Waals surface area contributed by atoms with Crippen LogP contribution in [0.15, 0.2) is 18.2 Å². The zero-order valence-electron chi connectivity index (χ0n) is 9.03. The van der Waals surface area contributed by atoms with Crippen molar-refractivity contribution in [3.63, 3.8) is 0 Å². The van der Waals surface area contributed by atoms with E-state index in [2.05, 4.69) is 19.9 Å². The number of pyridine rings is 1. The average Bonchev–Trinajstić information content (AvgIpc) is 2.27. The fourth-order valence-electron chi connectivity index (χ4n) is 1.28. The number of nitrogens with zero attached hydrogens (tertiary/aromatic N) is 4. The summed E-state index contributed by atoms with van der Waals surface area (Å²) < 4.78 is 37.5. The highest BCUT2D eigenvalue weighted by atomic mass is 35.5. The Morgan fingerprint density at radius 3 is 2.39 bits per heavy atom. The van der Waals surface area contributed by atoms with Crippen molar-refractivity contribution in [3.8, 4) is 11.5 Å². The minimum Gasteiger partial charge on any atom is -0.240 e. The standard InChI is InChI=1S/C10H6ClF3N4/c1-5-15-8(18-9(11)16-5)6-3-2-4-7(17-6)10(12,13)14/h2-4H,1H3. The van der Waals surface area contributed by atoms with E-state index in [1.807, 2.05) is 0 Å². The highest BCUT2D eigenvalue weighted by Gasteiger charge is 2.32. The highest BCUT2D eigenvalue weighted by molar-refractivity contribution is 6.28. The van der Waals surface area contributed by atoms with Crippen molar-refractivity contribution < 1.29 is 13.2 Å². The molecule has 94 valence electrons. The van der Waals surface area contributed by atoms with Crippen molar-refractivity contribution in [2.75, 3.05) is 0 Å². The summed E-state index contributed by atoms with van der Waals surface area (Å²) in [5.74, 6) is 0.322. The van der Waals surface area contributed by atoms with Crippen LogP contribution in [0.3, 0.4) is 0 Å². The molecule has 0 aliphatic carbocycles. The quantitative estimate of drug-likeness (QED) is 0.802. The van der Waals surface area contributed by atoms with Gasteiger partial charge in [-0.05, 0) is 30.7 Å². The van der Waals surface area contributed by atoms with Crippen LogP contribution in [0, 0.1) is 6.92 Å². The van der Waals surface area contributed by atoms with E-state index < -0.39 is 11.9 Å². The van der Waals surface area contributed by atoms with Crippen molar-refractivity contribution in [1.82, 2.24) is 19.9 Å². The first-order valence-electron chi connectivity index (χ1n) is 4.79. The summed E-state index contributed by atoms with van der Waals surface area (Å²) in [4.78, 5) is 14.8. The second kappa shape index (κ2) is 4.49. The van der Waals surface area contributed by atoms with Gasteiger partial charge in [-0.3, -0.25) is 0 Å². The lowest BCUT2D eigenvalue weighted by atomic mass is 10.3. The van der Waals surface area contributed by atoms with Crippen LogP contribution >= 0.6 is 11.6 Å². The summed E-state index contributed by atoms with van der Waals surface area (Å²) in [6.45, 7) is 1.56. The topological polar surface area (TPSA) is 51.6 Å². The van der Waals surface area contributed by atoms with Crippen LogP contribution < -0.4 is 0 Å². The highest BCUT2D eigenvalue weighted by Crippen LogP contribution is 2.28. The molecule has 2 heterocycles. The molecule has 2 rings (SSSR count). The van der Waals surface area contributed by atoms with Crippen molar-refractivity contribution in [3.05, 3.63) is 35.0 Å². The first-order chi connectivity index (χ1) is 8.36. The second-order valence-electron chi connectivity index (χ2n) is 3.38. The van der Waals surface area contributed by atoms with Crippen LogP contribution in [0.4, 0.5) is 13.2 Å². The lowest BCUT2D eigenvalue weighted by Crippen LogP contribution is -2.09. The summed E-state index contributed by atoms with van der Waals surface area (Å²) in [7, 11) is 0. The number of rotatable bonds is 1. The normalized spacial score (nSPS) is 11.6. The first-order valence-corrected chi connectivity index (χ1v) is 5.17. The lowest BCUT2D eigenvalue weighted by Gasteiger charge is -2.07. The number of hydrogen-bond donors (Lipinski definition) is 0. The molecule has 0 saturated carbocycles. The van der Waals surface area contributed by atoms with Gasteiger partial charge in [0.25, 0.3) is 0 Å². The van der Waals surface area contributed by atoms with Gasteiger partial charge < -0.3 is 0 Å². The third-order valence-corrected chi connectivity index (χ3v) is 2.16. The van der Waals surface area contributed by atoms with E-state index in [-0.39, 0.29) is 16.8 Å². The van der Waals surface area contributed by atoms with Gasteiger partial charge in [-0.25, -0.2) is 15.0 Å². The second-order valence-corrected chi connectivity index (χ2v) is 3.72. The largest absolute Gasteiger partial charge is 0.433 e. The molecule has 0 N–H and O–H groups in total. The molecular formula is C10H6ClF3N4. The Morgan fingerprint density at radius 1 is 1.06 bits per heavy atom. The van der Waals surface area contributed by atoms with Crippen LogP contribution in [0.5, 0.6) is 0 Å². The Bertz CT molecular complexity index is 565. The third-order valence-electron chi connectivity index (χ3n) is 1.99. The molecule has 0 radical (unpaired) electrons. The molecule has 0 unspecified atom stereocenters. The molecule has 0 aliphatic rings. The van der Waals surface area contributed by atoms with Crippen molar-refractivity contribution >= 4 is 11.6 Å². The van der Waals surface area contributed by atoms with E-state index in [9.17, 15) is 13.2 Å². The van der Waals surface area contributed by atoms with Gasteiger partial charge >= 0.3 is 6.18 Å². The third kappa shape index (κ3) is 2.73. The van der Waals surface area contributed by atoms with Gasteiger partial charge in [-0.15, -0.1) is 0 Å². The minimum atomic E-state index is -4.51. The maximum Gasteiger partial charge on any atom is 0.433 e. The van der Waals surface area contributed by atoms with E-state index in [4.69, 9.17) is 11.6 Å². The molecular weight excluding hydrogens is 269 g/mol. The van der Waals surface area contributed by atoms with E-state index in [0.29, 0.717) is 5.82 Å². The number of hydrogen-bond acceptors (Lipinski definition) is 4. The fraction of sp³-hybridized carbons (Fsp3) is 0.200.